The van der Waals surface area contributed by atoms with Crippen LogP contribution in [0.25, 0.3) is 0 Å². The van der Waals surface area contributed by atoms with Crippen molar-refractivity contribution < 1.29 is 4.79 Å². The van der Waals surface area contributed by atoms with Crippen LogP contribution in [0.2, 0.25) is 10.2 Å². The fourth-order valence-corrected chi connectivity index (χ4v) is 2.00. The monoisotopic (exact) mass is 236 g/mol. The topological polar surface area (TPSA) is 42.0 Å². The van der Waals surface area contributed by atoms with Crippen LogP contribution >= 0.6 is 34.7 Å². The summed E-state index contributed by atoms with van der Waals surface area (Å²) in [6.45, 7) is 0. The van der Waals surface area contributed by atoms with Gasteiger partial charge in [-0.2, -0.15) is 4.37 Å². The summed E-state index contributed by atoms with van der Waals surface area (Å²) in [5, 5.41) is 3.27. The van der Waals surface area contributed by atoms with E-state index in [0.717, 1.165) is 24.4 Å². The van der Waals surface area contributed by atoms with Gasteiger partial charge in [-0.25, -0.2) is 0 Å². The van der Waals surface area contributed by atoms with E-state index >= 15 is 0 Å². The maximum absolute atomic E-state index is 11.4. The van der Waals surface area contributed by atoms with Crippen molar-refractivity contribution in [2.24, 2.45) is 0 Å². The second kappa shape index (κ2) is 3.44. The Kier molecular flexibility index (Phi) is 2.45. The van der Waals surface area contributed by atoms with Crippen molar-refractivity contribution in [2.45, 2.75) is 18.9 Å². The van der Waals surface area contributed by atoms with Crippen LogP contribution in [0.5, 0.6) is 0 Å². The summed E-state index contributed by atoms with van der Waals surface area (Å²) >= 11 is 12.4. The molecule has 70 valence electrons. The molecule has 0 aromatic carbocycles. The lowest BCUT2D eigenvalue weighted by atomic mass is 10.4. The zero-order valence-corrected chi connectivity index (χ0v) is 8.84. The first kappa shape index (κ1) is 9.24. The van der Waals surface area contributed by atoms with E-state index in [1.54, 1.807) is 0 Å². The largest absolute Gasteiger partial charge is 0.349 e. The van der Waals surface area contributed by atoms with Gasteiger partial charge < -0.3 is 5.32 Å². The molecule has 0 atom stereocenters. The number of carbonyl (C=O) groups is 1. The van der Waals surface area contributed by atoms with Gasteiger partial charge >= 0.3 is 0 Å². The molecule has 1 amide bonds. The number of hydrogen-bond donors (Lipinski definition) is 1. The second-order valence-corrected chi connectivity index (χ2v) is 4.37. The van der Waals surface area contributed by atoms with Gasteiger partial charge in [-0.05, 0) is 24.4 Å². The Labute approximate surface area is 89.2 Å². The number of carbonyl (C=O) groups excluding carboxylic acids is 1. The van der Waals surface area contributed by atoms with E-state index in [1.165, 1.54) is 0 Å². The molecule has 0 unspecified atom stereocenters. The third-order valence-electron chi connectivity index (χ3n) is 1.72. The van der Waals surface area contributed by atoms with E-state index < -0.39 is 0 Å². The van der Waals surface area contributed by atoms with Crippen LogP contribution in [0.1, 0.15) is 22.5 Å². The number of amides is 1. The number of nitrogens with zero attached hydrogens (tertiary/aromatic N) is 1. The molecule has 0 spiro atoms. The fourth-order valence-electron chi connectivity index (χ4n) is 0.879. The SMILES string of the molecule is O=C(NC1CC1)c1snc(Cl)c1Cl. The summed E-state index contributed by atoms with van der Waals surface area (Å²) < 4.78 is 3.78. The Morgan fingerprint density at radius 3 is 2.69 bits per heavy atom. The molecule has 1 aromatic rings. The maximum Gasteiger partial charge on any atom is 0.264 e. The van der Waals surface area contributed by atoms with Crippen LogP contribution in [-0.2, 0) is 0 Å². The van der Waals surface area contributed by atoms with Crippen molar-refractivity contribution in [1.82, 2.24) is 9.69 Å². The minimum atomic E-state index is -0.170. The normalized spacial score (nSPS) is 15.8. The lowest BCUT2D eigenvalue weighted by Crippen LogP contribution is -2.24. The molecule has 2 rings (SSSR count). The van der Waals surface area contributed by atoms with Crippen molar-refractivity contribution in [2.75, 3.05) is 0 Å². The molecule has 6 heteroatoms. The first-order valence-electron chi connectivity index (χ1n) is 3.80. The Bertz CT molecular complexity index is 348. The van der Waals surface area contributed by atoms with Crippen molar-refractivity contribution >= 4 is 40.6 Å². The number of hydrogen-bond acceptors (Lipinski definition) is 3. The molecule has 0 aliphatic heterocycles. The van der Waals surface area contributed by atoms with Gasteiger partial charge in [0.25, 0.3) is 5.91 Å². The number of rotatable bonds is 2. The van der Waals surface area contributed by atoms with E-state index in [2.05, 4.69) is 9.69 Å². The first-order valence-corrected chi connectivity index (χ1v) is 5.33. The van der Waals surface area contributed by atoms with Crippen LogP contribution in [-0.4, -0.2) is 16.3 Å². The number of nitrogens with one attached hydrogen (secondary N) is 1. The van der Waals surface area contributed by atoms with E-state index in [-0.39, 0.29) is 16.1 Å². The molecule has 0 saturated heterocycles. The van der Waals surface area contributed by atoms with Gasteiger partial charge in [0, 0.05) is 6.04 Å². The molecule has 0 bridgehead atoms. The van der Waals surface area contributed by atoms with E-state index in [0.29, 0.717) is 10.9 Å². The standard InChI is InChI=1S/C7H6Cl2N2OS/c8-4-5(13-11-6(4)9)7(12)10-3-1-2-3/h3H,1-2H2,(H,10,12). The van der Waals surface area contributed by atoms with Crippen LogP contribution in [0.15, 0.2) is 0 Å². The Morgan fingerprint density at radius 1 is 1.54 bits per heavy atom. The summed E-state index contributed by atoms with van der Waals surface area (Å²) in [5.74, 6) is -0.170. The van der Waals surface area contributed by atoms with Crippen LogP contribution in [0, 0.1) is 0 Å². The zero-order valence-electron chi connectivity index (χ0n) is 6.51. The molecule has 1 fully saturated rings. The third kappa shape index (κ3) is 1.95. The Hall–Kier alpha value is -0.320. The van der Waals surface area contributed by atoms with Gasteiger partial charge in [0.2, 0.25) is 0 Å². The van der Waals surface area contributed by atoms with Crippen molar-refractivity contribution in [3.63, 3.8) is 0 Å². The average Bonchev–Trinajstić information content (AvgIpc) is 2.82. The summed E-state index contributed by atoms with van der Waals surface area (Å²) in [4.78, 5) is 11.8. The predicted molar refractivity (Wildman–Crippen MR) is 52.6 cm³/mol. The lowest BCUT2D eigenvalue weighted by molar-refractivity contribution is 0.0955. The quantitative estimate of drug-likeness (QED) is 0.857. The predicted octanol–water partition coefficient (Wildman–Crippen LogP) is 2.34. The highest BCUT2D eigenvalue weighted by atomic mass is 35.5. The molecule has 13 heavy (non-hydrogen) atoms. The van der Waals surface area contributed by atoms with Gasteiger partial charge in [-0.1, -0.05) is 23.2 Å². The molecule has 1 N–H and O–H groups in total. The Morgan fingerprint density at radius 2 is 2.23 bits per heavy atom. The van der Waals surface area contributed by atoms with Crippen molar-refractivity contribution in [3.8, 4) is 0 Å². The summed E-state index contributed by atoms with van der Waals surface area (Å²) in [7, 11) is 0. The molecule has 0 radical (unpaired) electrons. The Balaban J connectivity index is 2.14. The lowest BCUT2D eigenvalue weighted by Gasteiger charge is -1.98. The molecule has 1 aliphatic rings. The van der Waals surface area contributed by atoms with Gasteiger partial charge in [-0.3, -0.25) is 4.79 Å². The molecule has 1 aromatic heterocycles. The zero-order chi connectivity index (χ0) is 9.42. The van der Waals surface area contributed by atoms with E-state index in [1.807, 2.05) is 0 Å². The van der Waals surface area contributed by atoms with Gasteiger partial charge in [0.15, 0.2) is 5.15 Å². The van der Waals surface area contributed by atoms with Crippen molar-refractivity contribution in [1.29, 1.82) is 0 Å². The van der Waals surface area contributed by atoms with Gasteiger partial charge in [-0.15, -0.1) is 0 Å². The highest BCUT2D eigenvalue weighted by Crippen LogP contribution is 2.29. The maximum atomic E-state index is 11.4. The molecule has 1 saturated carbocycles. The van der Waals surface area contributed by atoms with E-state index in [4.69, 9.17) is 23.2 Å². The minimum absolute atomic E-state index is 0.170. The molecular weight excluding hydrogens is 231 g/mol. The highest BCUT2D eigenvalue weighted by Gasteiger charge is 2.26. The average molecular weight is 237 g/mol. The molecule has 1 aliphatic carbocycles. The van der Waals surface area contributed by atoms with Crippen LogP contribution < -0.4 is 5.32 Å². The highest BCUT2D eigenvalue weighted by molar-refractivity contribution is 7.09. The molecule has 3 nitrogen and oxygen atoms in total. The molecular formula is C7H6Cl2N2OS. The fraction of sp³-hybridized carbons (Fsp3) is 0.429. The van der Waals surface area contributed by atoms with Gasteiger partial charge in [0.1, 0.15) is 9.90 Å². The smallest absolute Gasteiger partial charge is 0.264 e. The molecule has 1 heterocycles. The van der Waals surface area contributed by atoms with E-state index in [9.17, 15) is 4.79 Å². The van der Waals surface area contributed by atoms with Gasteiger partial charge in [0.05, 0.1) is 0 Å². The summed E-state index contributed by atoms with van der Waals surface area (Å²) in [6.07, 6.45) is 2.10. The van der Waals surface area contributed by atoms with Crippen LogP contribution in [0.3, 0.4) is 0 Å². The second-order valence-electron chi connectivity index (χ2n) is 2.86. The number of halogens is 2. The third-order valence-corrected chi connectivity index (χ3v) is 3.51. The summed E-state index contributed by atoms with van der Waals surface area (Å²) in [5.41, 5.74) is 0. The first-order chi connectivity index (χ1) is 6.18. The van der Waals surface area contributed by atoms with Crippen molar-refractivity contribution in [3.05, 3.63) is 15.1 Å². The summed E-state index contributed by atoms with van der Waals surface area (Å²) in [6, 6.07) is 0.324. The number of aromatic nitrogens is 1. The van der Waals surface area contributed by atoms with Crippen LogP contribution in [0.4, 0.5) is 0 Å². The minimum Gasteiger partial charge on any atom is -0.349 e.